The van der Waals surface area contributed by atoms with Gasteiger partial charge >= 0.3 is 0 Å². The Morgan fingerprint density at radius 1 is 1.18 bits per heavy atom. The SMILES string of the molecule is NC1CCN(C2C(F)CC3C(=O)C(C(=O)NCCc4cnc[nH]4)=CN4C5CC6CCCCC6CC5OC2C34)C1. The van der Waals surface area contributed by atoms with Crippen molar-refractivity contribution in [1.29, 1.82) is 0 Å². The molecule has 3 aliphatic carbocycles. The number of nitrogens with zero attached hydrogens (tertiary/aromatic N) is 3. The molecular formula is C29H41FN6O3. The topological polar surface area (TPSA) is 117 Å². The van der Waals surface area contributed by atoms with Gasteiger partial charge in [0.25, 0.3) is 5.91 Å². The fraction of sp³-hybridized carbons (Fsp3) is 0.759. The molecule has 9 nitrogen and oxygen atoms in total. The van der Waals surface area contributed by atoms with Crippen molar-refractivity contribution < 1.29 is 18.7 Å². The summed E-state index contributed by atoms with van der Waals surface area (Å²) < 4.78 is 23.0. The van der Waals surface area contributed by atoms with Crippen LogP contribution in [-0.2, 0) is 20.7 Å². The Hall–Kier alpha value is -2.30. The number of carbonyl (C=O) groups is 2. The van der Waals surface area contributed by atoms with Crippen molar-refractivity contribution in [2.75, 3.05) is 19.6 Å². The van der Waals surface area contributed by atoms with Crippen LogP contribution in [0.25, 0.3) is 0 Å². The Morgan fingerprint density at radius 3 is 2.74 bits per heavy atom. The molecule has 6 aliphatic rings. The summed E-state index contributed by atoms with van der Waals surface area (Å²) in [6.45, 7) is 1.81. The van der Waals surface area contributed by atoms with Gasteiger partial charge in [-0.1, -0.05) is 25.7 Å². The van der Waals surface area contributed by atoms with Crippen LogP contribution in [0.15, 0.2) is 24.3 Å². The molecule has 1 aromatic heterocycles. The number of morpholine rings is 1. The quantitative estimate of drug-likeness (QED) is 0.487. The van der Waals surface area contributed by atoms with Gasteiger partial charge in [0, 0.05) is 56.1 Å². The number of likely N-dealkylation sites (tertiary alicyclic amines) is 1. The number of hydrogen-bond donors (Lipinski definition) is 3. The van der Waals surface area contributed by atoms with E-state index in [-0.39, 0.29) is 47.9 Å². The number of imidazole rings is 1. The molecule has 10 heteroatoms. The second-order valence-electron chi connectivity index (χ2n) is 12.8. The number of halogens is 1. The van der Waals surface area contributed by atoms with Crippen LogP contribution in [0.4, 0.5) is 4.39 Å². The molecular weight excluding hydrogens is 499 g/mol. The van der Waals surface area contributed by atoms with E-state index >= 15 is 4.39 Å². The fourth-order valence-electron chi connectivity index (χ4n) is 8.78. The summed E-state index contributed by atoms with van der Waals surface area (Å²) >= 11 is 0. The zero-order chi connectivity index (χ0) is 26.7. The molecule has 0 bridgehead atoms. The lowest BCUT2D eigenvalue weighted by Gasteiger charge is -2.61. The number of fused-ring (bicyclic) bond motifs is 3. The van der Waals surface area contributed by atoms with Gasteiger partial charge in [-0.3, -0.25) is 14.5 Å². The van der Waals surface area contributed by atoms with Crippen molar-refractivity contribution in [3.8, 4) is 0 Å². The van der Waals surface area contributed by atoms with E-state index in [0.717, 1.165) is 31.5 Å². The van der Waals surface area contributed by atoms with Crippen LogP contribution < -0.4 is 11.1 Å². The monoisotopic (exact) mass is 540 g/mol. The molecule has 212 valence electrons. The third-order valence-electron chi connectivity index (χ3n) is 10.6. The van der Waals surface area contributed by atoms with Crippen LogP contribution in [0.1, 0.15) is 57.1 Å². The van der Waals surface area contributed by atoms with Gasteiger partial charge in [-0.25, -0.2) is 9.37 Å². The van der Waals surface area contributed by atoms with Crippen molar-refractivity contribution in [3.05, 3.63) is 30.0 Å². The summed E-state index contributed by atoms with van der Waals surface area (Å²) in [7, 11) is 0. The normalized spacial score (nSPS) is 41.8. The Bertz CT molecular complexity index is 1110. The predicted octanol–water partition coefficient (Wildman–Crippen LogP) is 1.70. The number of Topliss-reactive ketones (excluding diaryl/α,β-unsaturated/α-hetero) is 1. The highest BCUT2D eigenvalue weighted by atomic mass is 19.1. The molecule has 0 spiro atoms. The molecule has 1 aromatic rings. The maximum atomic E-state index is 16.1. The Labute approximate surface area is 229 Å². The summed E-state index contributed by atoms with van der Waals surface area (Å²) in [6, 6.07) is -0.482. The van der Waals surface area contributed by atoms with Gasteiger partial charge in [0.15, 0.2) is 5.78 Å². The number of amides is 1. The van der Waals surface area contributed by atoms with Crippen LogP contribution in [0.2, 0.25) is 0 Å². The number of aromatic amines is 1. The zero-order valence-electron chi connectivity index (χ0n) is 22.5. The highest BCUT2D eigenvalue weighted by Crippen LogP contribution is 2.50. The third kappa shape index (κ3) is 4.52. The molecule has 0 radical (unpaired) electrons. The number of hydrogen-bond acceptors (Lipinski definition) is 7. The van der Waals surface area contributed by atoms with Gasteiger partial charge in [0.1, 0.15) is 6.17 Å². The van der Waals surface area contributed by atoms with E-state index in [1.807, 2.05) is 6.20 Å². The lowest BCUT2D eigenvalue weighted by Crippen LogP contribution is -2.73. The first-order chi connectivity index (χ1) is 19.0. The molecule has 4 N–H and O–H groups in total. The maximum Gasteiger partial charge on any atom is 0.256 e. The van der Waals surface area contributed by atoms with Crippen LogP contribution >= 0.6 is 0 Å². The molecule has 10 unspecified atom stereocenters. The lowest BCUT2D eigenvalue weighted by molar-refractivity contribution is -0.219. The summed E-state index contributed by atoms with van der Waals surface area (Å²) in [5.74, 6) is 0.110. The van der Waals surface area contributed by atoms with Crippen molar-refractivity contribution in [2.45, 2.75) is 100 Å². The van der Waals surface area contributed by atoms with Crippen molar-refractivity contribution in [2.24, 2.45) is 23.5 Å². The highest BCUT2D eigenvalue weighted by molar-refractivity contribution is 6.20. The second kappa shape index (κ2) is 10.3. The van der Waals surface area contributed by atoms with Gasteiger partial charge in [0.05, 0.1) is 42.2 Å². The number of H-pyrrole nitrogens is 1. The summed E-state index contributed by atoms with van der Waals surface area (Å²) in [6.07, 6.45) is 12.1. The number of nitrogens with one attached hydrogen (secondary N) is 2. The van der Waals surface area contributed by atoms with E-state index in [1.54, 1.807) is 12.5 Å². The van der Waals surface area contributed by atoms with Gasteiger partial charge < -0.3 is 25.7 Å². The average molecular weight is 541 g/mol. The van der Waals surface area contributed by atoms with E-state index in [1.165, 1.54) is 25.7 Å². The molecule has 4 heterocycles. The van der Waals surface area contributed by atoms with Gasteiger partial charge in [-0.15, -0.1) is 0 Å². The van der Waals surface area contributed by atoms with Crippen LogP contribution in [-0.4, -0.2) is 93.6 Å². The third-order valence-corrected chi connectivity index (χ3v) is 10.6. The molecule has 5 fully saturated rings. The first kappa shape index (κ1) is 25.7. The van der Waals surface area contributed by atoms with Crippen LogP contribution in [0.3, 0.4) is 0 Å². The number of aromatic nitrogens is 2. The van der Waals surface area contributed by atoms with E-state index in [4.69, 9.17) is 10.5 Å². The number of rotatable bonds is 5. The van der Waals surface area contributed by atoms with Gasteiger partial charge in [-0.2, -0.15) is 0 Å². The largest absolute Gasteiger partial charge is 0.369 e. The number of ether oxygens (including phenoxy) is 1. The minimum atomic E-state index is -1.20. The second-order valence-corrected chi connectivity index (χ2v) is 12.8. The molecule has 3 aliphatic heterocycles. The first-order valence-electron chi connectivity index (χ1n) is 15.1. The molecule has 7 rings (SSSR count). The van der Waals surface area contributed by atoms with E-state index < -0.39 is 24.2 Å². The molecule has 0 aromatic carbocycles. The molecule has 2 saturated heterocycles. The van der Waals surface area contributed by atoms with E-state index in [0.29, 0.717) is 31.3 Å². The molecule has 1 amide bonds. The highest BCUT2D eigenvalue weighted by Gasteiger charge is 2.60. The van der Waals surface area contributed by atoms with E-state index in [2.05, 4.69) is 25.1 Å². The number of nitrogens with two attached hydrogens (primary N) is 1. The number of carbonyl (C=O) groups excluding carboxylic acids is 2. The van der Waals surface area contributed by atoms with Crippen molar-refractivity contribution in [3.63, 3.8) is 0 Å². The summed E-state index contributed by atoms with van der Waals surface area (Å²) in [5, 5.41) is 2.93. The summed E-state index contributed by atoms with van der Waals surface area (Å²) in [5.41, 5.74) is 7.32. The number of alkyl halides is 1. The summed E-state index contributed by atoms with van der Waals surface area (Å²) in [4.78, 5) is 38.7. The average Bonchev–Trinajstić information content (AvgIpc) is 3.60. The van der Waals surface area contributed by atoms with E-state index in [9.17, 15) is 9.59 Å². The predicted molar refractivity (Wildman–Crippen MR) is 142 cm³/mol. The maximum absolute atomic E-state index is 16.1. The lowest BCUT2D eigenvalue weighted by atomic mass is 9.64. The molecule has 3 saturated carbocycles. The zero-order valence-corrected chi connectivity index (χ0v) is 22.5. The van der Waals surface area contributed by atoms with Crippen molar-refractivity contribution >= 4 is 11.7 Å². The Morgan fingerprint density at radius 2 is 2.00 bits per heavy atom. The number of ketones is 1. The smallest absolute Gasteiger partial charge is 0.256 e. The van der Waals surface area contributed by atoms with Crippen LogP contribution in [0.5, 0.6) is 0 Å². The van der Waals surface area contributed by atoms with Crippen LogP contribution in [0, 0.1) is 17.8 Å². The fourth-order valence-corrected chi connectivity index (χ4v) is 8.78. The first-order valence-corrected chi connectivity index (χ1v) is 15.1. The standard InChI is InChI=1S/C29H41FN6O3/c30-22-11-20-25-28(26(22)35-8-6-18(31)13-35)39-24-10-17-4-2-1-3-16(17)9-23(24)36(25)14-21(27(20)37)29(38)33-7-5-19-12-32-15-34-19/h12,14-18,20,22-26,28H,1-11,13,31H2,(H,32,34)(H,33,38). The molecule has 39 heavy (non-hydrogen) atoms. The minimum Gasteiger partial charge on any atom is -0.369 e. The van der Waals surface area contributed by atoms with Gasteiger partial charge in [0.2, 0.25) is 0 Å². The molecule has 10 atom stereocenters. The van der Waals surface area contributed by atoms with Gasteiger partial charge in [-0.05, 0) is 37.5 Å². The Kier molecular flexibility index (Phi) is 6.75. The Balaban J connectivity index is 1.19. The minimum absolute atomic E-state index is 0.00975. The van der Waals surface area contributed by atoms with Crippen molar-refractivity contribution in [1.82, 2.24) is 25.1 Å².